The first-order valence-electron chi connectivity index (χ1n) is 5.59. The quantitative estimate of drug-likeness (QED) is 0.848. The van der Waals surface area contributed by atoms with E-state index in [1.54, 1.807) is 13.0 Å². The molecule has 0 amide bonds. The second kappa shape index (κ2) is 5.93. The molecule has 0 radical (unpaired) electrons. The summed E-state index contributed by atoms with van der Waals surface area (Å²) in [6, 6.07) is 4.51. The van der Waals surface area contributed by atoms with Crippen molar-refractivity contribution in [3.63, 3.8) is 0 Å². The minimum absolute atomic E-state index is 0.262. The van der Waals surface area contributed by atoms with Crippen LogP contribution in [0.5, 0.6) is 0 Å². The summed E-state index contributed by atoms with van der Waals surface area (Å²) in [5, 5.41) is 7.41. The molecule has 0 atom stereocenters. The Kier molecular flexibility index (Phi) is 4.28. The van der Waals surface area contributed by atoms with E-state index in [-0.39, 0.29) is 5.82 Å². The van der Waals surface area contributed by atoms with Gasteiger partial charge in [-0.25, -0.2) is 4.39 Å². The van der Waals surface area contributed by atoms with Crippen molar-refractivity contribution in [3.8, 4) is 0 Å². The Morgan fingerprint density at radius 1 is 1.44 bits per heavy atom. The summed E-state index contributed by atoms with van der Waals surface area (Å²) in [6.45, 7) is 2.80. The van der Waals surface area contributed by atoms with E-state index >= 15 is 0 Å². The summed E-state index contributed by atoms with van der Waals surface area (Å²) < 4.78 is 18.2. The third kappa shape index (κ3) is 3.51. The second-order valence-corrected chi connectivity index (χ2v) is 4.33. The molecule has 0 aliphatic heterocycles. The molecule has 4 nitrogen and oxygen atoms in total. The van der Waals surface area contributed by atoms with Crippen LogP contribution >= 0.6 is 11.6 Å². The molecule has 6 heteroatoms. The van der Waals surface area contributed by atoms with Crippen molar-refractivity contribution in [2.24, 2.45) is 0 Å². The van der Waals surface area contributed by atoms with Crippen LogP contribution in [0.4, 0.5) is 4.39 Å². The zero-order chi connectivity index (χ0) is 13.0. The number of benzene rings is 1. The van der Waals surface area contributed by atoms with Crippen LogP contribution in [-0.2, 0) is 13.0 Å². The predicted molar refractivity (Wildman–Crippen MR) is 65.9 cm³/mol. The fourth-order valence-electron chi connectivity index (χ4n) is 1.54. The Morgan fingerprint density at radius 3 is 3.00 bits per heavy atom. The monoisotopic (exact) mass is 269 g/mol. The van der Waals surface area contributed by atoms with Gasteiger partial charge in [0.2, 0.25) is 5.89 Å². The Bertz CT molecular complexity index is 530. The molecule has 1 aromatic carbocycles. The van der Waals surface area contributed by atoms with Gasteiger partial charge < -0.3 is 9.84 Å². The second-order valence-electron chi connectivity index (χ2n) is 3.89. The Labute approximate surface area is 109 Å². The van der Waals surface area contributed by atoms with Crippen LogP contribution in [0.1, 0.15) is 17.3 Å². The van der Waals surface area contributed by atoms with Crippen molar-refractivity contribution in [1.82, 2.24) is 15.5 Å². The van der Waals surface area contributed by atoms with Crippen molar-refractivity contribution < 1.29 is 8.91 Å². The van der Waals surface area contributed by atoms with E-state index in [9.17, 15) is 4.39 Å². The summed E-state index contributed by atoms with van der Waals surface area (Å²) >= 11 is 5.80. The van der Waals surface area contributed by atoms with Gasteiger partial charge in [0, 0.05) is 37.0 Å². The van der Waals surface area contributed by atoms with Gasteiger partial charge in [-0.05, 0) is 18.2 Å². The molecule has 1 heterocycles. The molecule has 2 aromatic rings. The van der Waals surface area contributed by atoms with E-state index in [1.165, 1.54) is 12.1 Å². The van der Waals surface area contributed by atoms with E-state index in [1.807, 2.05) is 0 Å². The van der Waals surface area contributed by atoms with E-state index in [0.29, 0.717) is 41.8 Å². The normalized spacial score (nSPS) is 10.8. The topological polar surface area (TPSA) is 51.0 Å². The maximum Gasteiger partial charge on any atom is 0.223 e. The van der Waals surface area contributed by atoms with Crippen molar-refractivity contribution in [2.45, 2.75) is 19.9 Å². The van der Waals surface area contributed by atoms with Crippen LogP contribution in [0.15, 0.2) is 22.7 Å². The van der Waals surface area contributed by atoms with Crippen molar-refractivity contribution in [1.29, 1.82) is 0 Å². The first-order valence-corrected chi connectivity index (χ1v) is 5.97. The smallest absolute Gasteiger partial charge is 0.223 e. The van der Waals surface area contributed by atoms with Crippen molar-refractivity contribution in [2.75, 3.05) is 6.54 Å². The summed E-state index contributed by atoms with van der Waals surface area (Å²) in [7, 11) is 0. The number of rotatable bonds is 5. The number of nitrogens with zero attached hydrogens (tertiary/aromatic N) is 2. The van der Waals surface area contributed by atoms with Crippen LogP contribution in [-0.4, -0.2) is 16.7 Å². The number of halogens is 2. The van der Waals surface area contributed by atoms with Gasteiger partial charge in [0.1, 0.15) is 5.82 Å². The highest BCUT2D eigenvalue weighted by molar-refractivity contribution is 6.30. The first kappa shape index (κ1) is 13.0. The van der Waals surface area contributed by atoms with E-state index < -0.39 is 0 Å². The highest BCUT2D eigenvalue weighted by atomic mass is 35.5. The lowest BCUT2D eigenvalue weighted by Gasteiger charge is -2.05. The minimum Gasteiger partial charge on any atom is -0.340 e. The molecule has 1 N–H and O–H groups in total. The molecular formula is C12H13ClFN3O. The van der Waals surface area contributed by atoms with Gasteiger partial charge >= 0.3 is 0 Å². The van der Waals surface area contributed by atoms with Gasteiger partial charge in [0.15, 0.2) is 5.82 Å². The average molecular weight is 270 g/mol. The number of aryl methyl sites for hydroxylation is 1. The SMILES string of the molecule is Cc1nc(CCNCc2cc(Cl)ccc2F)no1. The van der Waals surface area contributed by atoms with Crippen LogP contribution < -0.4 is 5.32 Å². The third-order valence-electron chi connectivity index (χ3n) is 2.42. The standard InChI is InChI=1S/C12H13ClFN3O/c1-8-16-12(17-18-8)4-5-15-7-9-6-10(13)2-3-11(9)14/h2-3,6,15H,4-5,7H2,1H3. The number of hydrogen-bond acceptors (Lipinski definition) is 4. The van der Waals surface area contributed by atoms with Crippen LogP contribution in [0.3, 0.4) is 0 Å². The number of aromatic nitrogens is 2. The fourth-order valence-corrected chi connectivity index (χ4v) is 1.74. The maximum atomic E-state index is 13.4. The summed E-state index contributed by atoms with van der Waals surface area (Å²) in [6.07, 6.45) is 0.638. The third-order valence-corrected chi connectivity index (χ3v) is 2.65. The van der Waals surface area contributed by atoms with E-state index in [4.69, 9.17) is 16.1 Å². The van der Waals surface area contributed by atoms with Gasteiger partial charge in [-0.3, -0.25) is 0 Å². The predicted octanol–water partition coefficient (Wildman–Crippen LogP) is 2.50. The first-order chi connectivity index (χ1) is 8.65. The van der Waals surface area contributed by atoms with Gasteiger partial charge in [0.25, 0.3) is 0 Å². The zero-order valence-corrected chi connectivity index (χ0v) is 10.7. The van der Waals surface area contributed by atoms with Crippen LogP contribution in [0.25, 0.3) is 0 Å². The molecule has 1 aromatic heterocycles. The highest BCUT2D eigenvalue weighted by Crippen LogP contribution is 2.14. The summed E-state index contributed by atoms with van der Waals surface area (Å²) in [5.74, 6) is 0.930. The molecule has 0 unspecified atom stereocenters. The number of nitrogens with one attached hydrogen (secondary N) is 1. The van der Waals surface area contributed by atoms with Gasteiger partial charge in [-0.1, -0.05) is 16.8 Å². The lowest BCUT2D eigenvalue weighted by molar-refractivity contribution is 0.387. The van der Waals surface area contributed by atoms with Gasteiger partial charge in [0.05, 0.1) is 0 Å². The molecule has 0 fully saturated rings. The molecule has 96 valence electrons. The largest absolute Gasteiger partial charge is 0.340 e. The number of hydrogen-bond donors (Lipinski definition) is 1. The molecule has 0 aliphatic carbocycles. The average Bonchev–Trinajstić information content (AvgIpc) is 2.75. The van der Waals surface area contributed by atoms with E-state index in [2.05, 4.69) is 15.5 Å². The van der Waals surface area contributed by atoms with Crippen LogP contribution in [0, 0.1) is 12.7 Å². The highest BCUT2D eigenvalue weighted by Gasteiger charge is 2.04. The Hall–Kier alpha value is -1.46. The molecule has 18 heavy (non-hydrogen) atoms. The maximum absolute atomic E-state index is 13.4. The molecule has 0 aliphatic rings. The van der Waals surface area contributed by atoms with Crippen molar-refractivity contribution >= 4 is 11.6 Å². The van der Waals surface area contributed by atoms with E-state index in [0.717, 1.165) is 0 Å². The lowest BCUT2D eigenvalue weighted by atomic mass is 10.2. The zero-order valence-electron chi connectivity index (χ0n) is 9.91. The van der Waals surface area contributed by atoms with Gasteiger partial charge in [-0.15, -0.1) is 0 Å². The Morgan fingerprint density at radius 2 is 2.28 bits per heavy atom. The van der Waals surface area contributed by atoms with Crippen molar-refractivity contribution in [3.05, 3.63) is 46.3 Å². The molecule has 0 saturated carbocycles. The lowest BCUT2D eigenvalue weighted by Crippen LogP contribution is -2.18. The summed E-state index contributed by atoms with van der Waals surface area (Å²) in [4.78, 5) is 4.07. The minimum atomic E-state index is -0.262. The van der Waals surface area contributed by atoms with Gasteiger partial charge in [-0.2, -0.15) is 4.98 Å². The molecule has 2 rings (SSSR count). The Balaban J connectivity index is 1.80. The van der Waals surface area contributed by atoms with Crippen LogP contribution in [0.2, 0.25) is 5.02 Å². The molecule has 0 bridgehead atoms. The summed E-state index contributed by atoms with van der Waals surface area (Å²) in [5.41, 5.74) is 0.548. The fraction of sp³-hybridized carbons (Fsp3) is 0.333. The molecule has 0 spiro atoms. The molecule has 0 saturated heterocycles. The molecular weight excluding hydrogens is 257 g/mol.